The van der Waals surface area contributed by atoms with Crippen molar-refractivity contribution in [1.82, 2.24) is 9.55 Å². The maximum Gasteiger partial charge on any atom is 0.201 e. The average molecular weight is 354 g/mol. The van der Waals surface area contributed by atoms with Gasteiger partial charge in [0, 0.05) is 12.1 Å². The largest absolute Gasteiger partial charge is 0.369 e. The Hall–Kier alpha value is -1.40. The van der Waals surface area contributed by atoms with Gasteiger partial charge in [-0.05, 0) is 57.7 Å². The van der Waals surface area contributed by atoms with Gasteiger partial charge in [0.15, 0.2) is 0 Å². The third kappa shape index (κ3) is 2.33. The zero-order valence-corrected chi connectivity index (χ0v) is 13.2. The normalized spacial score (nSPS) is 12.9. The van der Waals surface area contributed by atoms with Crippen LogP contribution in [0.5, 0.6) is 0 Å². The molecule has 0 aliphatic rings. The zero-order valence-electron chi connectivity index (χ0n) is 10.8. The molecule has 1 unspecified atom stereocenters. The third-order valence-corrected chi connectivity index (χ3v) is 4.65. The van der Waals surface area contributed by atoms with Gasteiger partial charge in [-0.3, -0.25) is 0 Å². The average Bonchev–Trinajstić information content (AvgIpc) is 2.97. The van der Waals surface area contributed by atoms with Crippen molar-refractivity contribution in [3.8, 4) is 0 Å². The molecule has 6 heteroatoms. The molecule has 2 N–H and O–H groups in total. The second-order valence-electron chi connectivity index (χ2n) is 4.78. The number of hydrogen-bond donors (Lipinski definition) is 1. The number of nitrogen functional groups attached to an aromatic ring is 1. The molecule has 0 amide bonds. The molecule has 0 saturated carbocycles. The number of nitrogens with zero attached hydrogens (tertiary/aromatic N) is 2. The Bertz CT molecular complexity index is 751. The molecule has 0 bridgehead atoms. The van der Waals surface area contributed by atoms with Crippen LogP contribution in [0.15, 0.2) is 33.4 Å². The predicted octanol–water partition coefficient (Wildman–Crippen LogP) is 4.39. The van der Waals surface area contributed by atoms with E-state index in [0.29, 0.717) is 15.9 Å². The Morgan fingerprint density at radius 3 is 3.00 bits per heavy atom. The van der Waals surface area contributed by atoms with Gasteiger partial charge in [-0.25, -0.2) is 9.37 Å². The number of benzene rings is 1. The van der Waals surface area contributed by atoms with E-state index >= 15 is 0 Å². The van der Waals surface area contributed by atoms with E-state index < -0.39 is 0 Å². The highest BCUT2D eigenvalue weighted by molar-refractivity contribution is 9.10. The predicted molar refractivity (Wildman–Crippen MR) is 84.5 cm³/mol. The summed E-state index contributed by atoms with van der Waals surface area (Å²) in [6, 6.07) is 5.35. The van der Waals surface area contributed by atoms with Crippen molar-refractivity contribution in [2.24, 2.45) is 0 Å². The topological polar surface area (TPSA) is 43.8 Å². The van der Waals surface area contributed by atoms with Crippen LogP contribution in [0.2, 0.25) is 0 Å². The molecule has 2 heterocycles. The number of nitrogens with two attached hydrogens (primary N) is 1. The fraction of sp³-hybridized carbons (Fsp3) is 0.214. The highest BCUT2D eigenvalue weighted by atomic mass is 79.9. The number of anilines is 1. The first-order chi connectivity index (χ1) is 9.56. The van der Waals surface area contributed by atoms with Crippen LogP contribution >= 0.6 is 27.3 Å². The van der Waals surface area contributed by atoms with Gasteiger partial charge in [0.05, 0.1) is 15.5 Å². The van der Waals surface area contributed by atoms with Crippen molar-refractivity contribution in [1.29, 1.82) is 0 Å². The van der Waals surface area contributed by atoms with Gasteiger partial charge in [-0.15, -0.1) is 0 Å². The number of aromatic nitrogens is 2. The molecule has 3 aromatic rings. The Kier molecular flexibility index (Phi) is 3.52. The molecule has 1 atom stereocenters. The summed E-state index contributed by atoms with van der Waals surface area (Å²) in [4.78, 5) is 4.31. The van der Waals surface area contributed by atoms with Gasteiger partial charge in [-0.1, -0.05) is 0 Å². The van der Waals surface area contributed by atoms with E-state index in [1.165, 1.54) is 11.6 Å². The standard InChI is InChI=1S/C14H13BrFN3S/c1-8(4-9-2-3-20-7-9)19-13-6-11(16)10(15)5-12(13)18-14(19)17/h2-3,5-8H,4H2,1H3,(H2,17,18). The molecule has 3 rings (SSSR count). The molecule has 2 aromatic heterocycles. The van der Waals surface area contributed by atoms with E-state index in [-0.39, 0.29) is 11.9 Å². The van der Waals surface area contributed by atoms with Gasteiger partial charge in [0.2, 0.25) is 5.95 Å². The molecule has 0 fully saturated rings. The highest BCUT2D eigenvalue weighted by Gasteiger charge is 2.16. The van der Waals surface area contributed by atoms with Crippen molar-refractivity contribution in [2.75, 3.05) is 5.73 Å². The van der Waals surface area contributed by atoms with E-state index in [4.69, 9.17) is 5.73 Å². The minimum absolute atomic E-state index is 0.121. The van der Waals surface area contributed by atoms with Crippen LogP contribution in [0.3, 0.4) is 0 Å². The summed E-state index contributed by atoms with van der Waals surface area (Å²) in [6.07, 6.45) is 0.844. The molecule has 20 heavy (non-hydrogen) atoms. The van der Waals surface area contributed by atoms with E-state index in [1.807, 2.05) is 9.95 Å². The van der Waals surface area contributed by atoms with Crippen molar-refractivity contribution in [3.63, 3.8) is 0 Å². The molecule has 104 valence electrons. The third-order valence-electron chi connectivity index (χ3n) is 3.31. The first kappa shape index (κ1) is 13.6. The Labute approximate surface area is 128 Å². The van der Waals surface area contributed by atoms with E-state index in [2.05, 4.69) is 39.3 Å². The van der Waals surface area contributed by atoms with Gasteiger partial charge >= 0.3 is 0 Å². The molecule has 0 spiro atoms. The summed E-state index contributed by atoms with van der Waals surface area (Å²) in [5.41, 5.74) is 8.68. The Balaban J connectivity index is 2.06. The Morgan fingerprint density at radius 1 is 1.50 bits per heavy atom. The SMILES string of the molecule is CC(Cc1ccsc1)n1c(N)nc2cc(Br)c(F)cc21. The summed E-state index contributed by atoms with van der Waals surface area (Å²) in [6.45, 7) is 2.06. The van der Waals surface area contributed by atoms with Crippen LogP contribution in [-0.2, 0) is 6.42 Å². The zero-order chi connectivity index (χ0) is 14.3. The lowest BCUT2D eigenvalue weighted by molar-refractivity contribution is 0.565. The summed E-state index contributed by atoms with van der Waals surface area (Å²) in [7, 11) is 0. The lowest BCUT2D eigenvalue weighted by atomic mass is 10.1. The summed E-state index contributed by atoms with van der Waals surface area (Å²) in [5.74, 6) is 0.113. The van der Waals surface area contributed by atoms with Crippen LogP contribution in [-0.4, -0.2) is 9.55 Å². The van der Waals surface area contributed by atoms with E-state index in [0.717, 1.165) is 11.9 Å². The molecular formula is C14H13BrFN3S. The number of hydrogen-bond acceptors (Lipinski definition) is 3. The summed E-state index contributed by atoms with van der Waals surface area (Å²) in [5, 5.41) is 4.16. The molecule has 3 nitrogen and oxygen atoms in total. The maximum absolute atomic E-state index is 13.8. The molecule has 0 saturated heterocycles. The van der Waals surface area contributed by atoms with Crippen molar-refractivity contribution >= 4 is 44.2 Å². The second kappa shape index (κ2) is 5.18. The highest BCUT2D eigenvalue weighted by Crippen LogP contribution is 2.29. The van der Waals surface area contributed by atoms with Gasteiger partial charge in [-0.2, -0.15) is 11.3 Å². The van der Waals surface area contributed by atoms with Crippen molar-refractivity contribution in [3.05, 3.63) is 44.8 Å². The second-order valence-corrected chi connectivity index (χ2v) is 6.41. The molecular weight excluding hydrogens is 341 g/mol. The van der Waals surface area contributed by atoms with Gasteiger partial charge in [0.25, 0.3) is 0 Å². The fourth-order valence-electron chi connectivity index (χ4n) is 2.41. The van der Waals surface area contributed by atoms with Gasteiger partial charge in [0.1, 0.15) is 5.82 Å². The Morgan fingerprint density at radius 2 is 2.30 bits per heavy atom. The molecule has 0 aliphatic heterocycles. The molecule has 0 radical (unpaired) electrons. The number of thiophene rings is 1. The van der Waals surface area contributed by atoms with Crippen LogP contribution in [0.1, 0.15) is 18.5 Å². The van der Waals surface area contributed by atoms with Crippen LogP contribution < -0.4 is 5.73 Å². The molecule has 1 aromatic carbocycles. The maximum atomic E-state index is 13.8. The lowest BCUT2D eigenvalue weighted by Gasteiger charge is -2.15. The van der Waals surface area contributed by atoms with Crippen LogP contribution in [0.4, 0.5) is 10.3 Å². The summed E-state index contributed by atoms with van der Waals surface area (Å²) >= 11 is 4.84. The first-order valence-corrected chi connectivity index (χ1v) is 7.93. The fourth-order valence-corrected chi connectivity index (χ4v) is 3.43. The van der Waals surface area contributed by atoms with Gasteiger partial charge < -0.3 is 10.3 Å². The monoisotopic (exact) mass is 353 g/mol. The van der Waals surface area contributed by atoms with Crippen LogP contribution in [0.25, 0.3) is 11.0 Å². The first-order valence-electron chi connectivity index (χ1n) is 6.20. The number of imidazole rings is 1. The van der Waals surface area contributed by atoms with E-state index in [1.54, 1.807) is 17.4 Å². The summed E-state index contributed by atoms with van der Waals surface area (Å²) < 4.78 is 16.0. The van der Waals surface area contributed by atoms with Crippen molar-refractivity contribution in [2.45, 2.75) is 19.4 Å². The quantitative estimate of drug-likeness (QED) is 0.758. The number of rotatable bonds is 3. The minimum Gasteiger partial charge on any atom is -0.369 e. The minimum atomic E-state index is -0.304. The smallest absolute Gasteiger partial charge is 0.201 e. The lowest BCUT2D eigenvalue weighted by Crippen LogP contribution is -2.11. The molecule has 0 aliphatic carbocycles. The number of fused-ring (bicyclic) bond motifs is 1. The van der Waals surface area contributed by atoms with Crippen molar-refractivity contribution < 1.29 is 4.39 Å². The number of halogens is 2. The van der Waals surface area contributed by atoms with E-state index in [9.17, 15) is 4.39 Å². The van der Waals surface area contributed by atoms with Crippen LogP contribution in [0, 0.1) is 5.82 Å².